The van der Waals surface area contributed by atoms with Crippen molar-refractivity contribution in [2.45, 2.75) is 27.3 Å². The Labute approximate surface area is 121 Å². The van der Waals surface area contributed by atoms with Crippen molar-refractivity contribution in [3.63, 3.8) is 0 Å². The Kier molecular flexibility index (Phi) is 5.11. The Hall–Kier alpha value is -1.36. The molecule has 1 unspecified atom stereocenters. The first-order valence-electron chi connectivity index (χ1n) is 5.97. The Morgan fingerprint density at radius 2 is 1.79 bits per heavy atom. The Morgan fingerprint density at radius 3 is 2.21 bits per heavy atom. The van der Waals surface area contributed by atoms with Gasteiger partial charge in [0.1, 0.15) is 5.92 Å². The van der Waals surface area contributed by atoms with Gasteiger partial charge in [0.2, 0.25) is 5.91 Å². The van der Waals surface area contributed by atoms with E-state index in [0.29, 0.717) is 6.54 Å². The van der Waals surface area contributed by atoms with Gasteiger partial charge in [-0.15, -0.1) is 0 Å². The molecule has 0 heterocycles. The van der Waals surface area contributed by atoms with E-state index >= 15 is 0 Å². The largest absolute Gasteiger partial charge is 0.481 e. The van der Waals surface area contributed by atoms with Gasteiger partial charge in [0.05, 0.1) is 0 Å². The van der Waals surface area contributed by atoms with Crippen LogP contribution in [-0.4, -0.2) is 28.9 Å². The van der Waals surface area contributed by atoms with E-state index in [1.807, 2.05) is 26.0 Å². The normalized spacial score (nSPS) is 12.1. The van der Waals surface area contributed by atoms with Gasteiger partial charge in [0, 0.05) is 18.1 Å². The summed E-state index contributed by atoms with van der Waals surface area (Å²) in [5, 5.41) is 8.86. The molecule has 19 heavy (non-hydrogen) atoms. The molecule has 0 spiro atoms. The zero-order valence-electron chi connectivity index (χ0n) is 11.5. The summed E-state index contributed by atoms with van der Waals surface area (Å²) in [5.41, 5.74) is 3.21. The zero-order chi connectivity index (χ0) is 14.7. The molecule has 1 amide bonds. The van der Waals surface area contributed by atoms with Gasteiger partial charge in [0.15, 0.2) is 0 Å². The van der Waals surface area contributed by atoms with Gasteiger partial charge in [-0.05, 0) is 49.6 Å². The number of hydrogen-bond donors (Lipinski definition) is 1. The summed E-state index contributed by atoms with van der Waals surface area (Å²) >= 11 is 3.43. The number of carbonyl (C=O) groups is 2. The summed E-state index contributed by atoms with van der Waals surface area (Å²) in [5.74, 6) is -2.49. The topological polar surface area (TPSA) is 57.6 Å². The smallest absolute Gasteiger partial charge is 0.315 e. The number of benzene rings is 1. The molecule has 0 aliphatic heterocycles. The average Bonchev–Trinajstić information content (AvgIpc) is 2.31. The monoisotopic (exact) mass is 327 g/mol. The van der Waals surface area contributed by atoms with Crippen LogP contribution in [0.15, 0.2) is 16.6 Å². The van der Waals surface area contributed by atoms with E-state index in [4.69, 9.17) is 5.11 Å². The Morgan fingerprint density at radius 1 is 1.32 bits per heavy atom. The number of rotatable bonds is 4. The van der Waals surface area contributed by atoms with Crippen LogP contribution >= 0.6 is 15.9 Å². The van der Waals surface area contributed by atoms with Crippen molar-refractivity contribution in [2.75, 3.05) is 7.05 Å². The third-order valence-corrected chi connectivity index (χ3v) is 3.63. The molecule has 0 saturated carbocycles. The lowest BCUT2D eigenvalue weighted by Crippen LogP contribution is -2.35. The summed E-state index contributed by atoms with van der Waals surface area (Å²) in [6.45, 7) is 5.78. The summed E-state index contributed by atoms with van der Waals surface area (Å²) in [6.07, 6.45) is 0. The summed E-state index contributed by atoms with van der Waals surface area (Å²) in [7, 11) is 1.63. The molecule has 1 atom stereocenters. The first-order chi connectivity index (χ1) is 8.73. The lowest BCUT2D eigenvalue weighted by Gasteiger charge is -2.22. The van der Waals surface area contributed by atoms with Gasteiger partial charge in [-0.2, -0.15) is 0 Å². The van der Waals surface area contributed by atoms with E-state index in [2.05, 4.69) is 15.9 Å². The van der Waals surface area contributed by atoms with Crippen LogP contribution in [0.3, 0.4) is 0 Å². The van der Waals surface area contributed by atoms with Crippen molar-refractivity contribution < 1.29 is 14.7 Å². The highest BCUT2D eigenvalue weighted by atomic mass is 79.9. The minimum absolute atomic E-state index is 0.380. The second-order valence-electron chi connectivity index (χ2n) is 4.77. The maximum Gasteiger partial charge on any atom is 0.315 e. The molecule has 0 aliphatic carbocycles. The molecule has 0 aromatic heterocycles. The van der Waals surface area contributed by atoms with Crippen LogP contribution in [0.25, 0.3) is 0 Å². The number of carboxylic acids is 1. The Bertz CT molecular complexity index is 490. The lowest BCUT2D eigenvalue weighted by atomic mass is 10.0. The number of halogens is 1. The molecule has 104 valence electrons. The third kappa shape index (κ3) is 3.80. The van der Waals surface area contributed by atoms with E-state index in [-0.39, 0.29) is 5.91 Å². The van der Waals surface area contributed by atoms with Crippen LogP contribution in [0.1, 0.15) is 23.6 Å². The van der Waals surface area contributed by atoms with E-state index in [1.165, 1.54) is 11.8 Å². The maximum atomic E-state index is 11.9. The fraction of sp³-hybridized carbons (Fsp3) is 0.429. The van der Waals surface area contributed by atoms with Crippen molar-refractivity contribution in [3.8, 4) is 0 Å². The number of amides is 1. The number of carbonyl (C=O) groups excluding carboxylic acids is 1. The van der Waals surface area contributed by atoms with Gasteiger partial charge in [-0.1, -0.05) is 15.9 Å². The molecule has 1 rings (SSSR count). The molecule has 0 bridgehead atoms. The van der Waals surface area contributed by atoms with Crippen molar-refractivity contribution in [1.29, 1.82) is 0 Å². The lowest BCUT2D eigenvalue weighted by molar-refractivity contribution is -0.149. The molecule has 0 radical (unpaired) electrons. The van der Waals surface area contributed by atoms with Crippen molar-refractivity contribution in [2.24, 2.45) is 5.92 Å². The standard InChI is InChI=1S/C14H18BrNO3/c1-8-5-11(15)6-9(2)12(8)7-16(4)13(17)10(3)14(18)19/h5-6,10H,7H2,1-4H3,(H,18,19). The SMILES string of the molecule is Cc1cc(Br)cc(C)c1CN(C)C(=O)C(C)C(=O)O. The van der Waals surface area contributed by atoms with Crippen LogP contribution in [0.2, 0.25) is 0 Å². The quantitative estimate of drug-likeness (QED) is 0.865. The second-order valence-corrected chi connectivity index (χ2v) is 5.69. The summed E-state index contributed by atoms with van der Waals surface area (Å²) < 4.78 is 0.999. The maximum absolute atomic E-state index is 11.9. The molecular weight excluding hydrogens is 310 g/mol. The fourth-order valence-electron chi connectivity index (χ4n) is 1.94. The van der Waals surface area contributed by atoms with Crippen molar-refractivity contribution in [3.05, 3.63) is 33.3 Å². The first-order valence-corrected chi connectivity index (χ1v) is 6.76. The minimum atomic E-state index is -1.10. The van der Waals surface area contributed by atoms with Crippen LogP contribution < -0.4 is 0 Å². The zero-order valence-corrected chi connectivity index (χ0v) is 13.1. The van der Waals surface area contributed by atoms with Crippen LogP contribution in [0.5, 0.6) is 0 Å². The van der Waals surface area contributed by atoms with Gasteiger partial charge in [-0.25, -0.2) is 0 Å². The molecule has 1 aromatic carbocycles. The highest BCUT2D eigenvalue weighted by Crippen LogP contribution is 2.22. The molecule has 4 nitrogen and oxygen atoms in total. The number of aliphatic carboxylic acids is 1. The van der Waals surface area contributed by atoms with Crippen LogP contribution in [0, 0.1) is 19.8 Å². The first kappa shape index (κ1) is 15.7. The van der Waals surface area contributed by atoms with Gasteiger partial charge in [0.25, 0.3) is 0 Å². The van der Waals surface area contributed by atoms with Gasteiger partial charge < -0.3 is 10.0 Å². The van der Waals surface area contributed by atoms with Crippen LogP contribution in [-0.2, 0) is 16.1 Å². The van der Waals surface area contributed by atoms with E-state index in [1.54, 1.807) is 7.05 Å². The molecule has 0 fully saturated rings. The number of nitrogens with zero attached hydrogens (tertiary/aromatic N) is 1. The summed E-state index contributed by atoms with van der Waals surface area (Å²) in [6, 6.07) is 3.97. The average molecular weight is 328 g/mol. The van der Waals surface area contributed by atoms with Gasteiger partial charge in [-0.3, -0.25) is 9.59 Å². The van der Waals surface area contributed by atoms with Crippen molar-refractivity contribution >= 4 is 27.8 Å². The molecule has 5 heteroatoms. The molecular formula is C14H18BrNO3. The molecule has 1 aromatic rings. The molecule has 0 aliphatic rings. The highest BCUT2D eigenvalue weighted by molar-refractivity contribution is 9.10. The number of hydrogen-bond acceptors (Lipinski definition) is 2. The number of carboxylic acid groups (broad SMARTS) is 1. The Balaban J connectivity index is 2.91. The highest BCUT2D eigenvalue weighted by Gasteiger charge is 2.24. The van der Waals surface area contributed by atoms with E-state index in [9.17, 15) is 9.59 Å². The summed E-state index contributed by atoms with van der Waals surface area (Å²) in [4.78, 5) is 24.2. The minimum Gasteiger partial charge on any atom is -0.481 e. The predicted molar refractivity (Wildman–Crippen MR) is 76.9 cm³/mol. The third-order valence-electron chi connectivity index (χ3n) is 3.17. The van der Waals surface area contributed by atoms with Gasteiger partial charge >= 0.3 is 5.97 Å². The fourth-order valence-corrected chi connectivity index (χ4v) is 2.63. The number of aryl methyl sites for hydroxylation is 2. The second kappa shape index (κ2) is 6.19. The molecule has 0 saturated heterocycles. The van der Waals surface area contributed by atoms with Crippen molar-refractivity contribution in [1.82, 2.24) is 4.90 Å². The molecule has 1 N–H and O–H groups in total. The van der Waals surface area contributed by atoms with E-state index < -0.39 is 11.9 Å². The van der Waals surface area contributed by atoms with E-state index in [0.717, 1.165) is 21.2 Å². The predicted octanol–water partition coefficient (Wildman–Crippen LogP) is 2.75. The van der Waals surface area contributed by atoms with Crippen LogP contribution in [0.4, 0.5) is 0 Å².